The molecular weight excluding hydrogens is 268 g/mol. The molecule has 112 valence electrons. The van der Waals surface area contributed by atoms with Crippen LogP contribution >= 0.6 is 0 Å². The van der Waals surface area contributed by atoms with Gasteiger partial charge in [-0.1, -0.05) is 0 Å². The van der Waals surface area contributed by atoms with Gasteiger partial charge in [0.2, 0.25) is 5.89 Å². The molecule has 2 aliphatic heterocycles. The highest BCUT2D eigenvalue weighted by Gasteiger charge is 2.43. The Bertz CT molecular complexity index is 421. The Morgan fingerprint density at radius 1 is 1.45 bits per heavy atom. The van der Waals surface area contributed by atoms with Crippen LogP contribution in [-0.4, -0.2) is 54.6 Å². The van der Waals surface area contributed by atoms with E-state index in [1.54, 1.807) is 11.1 Å². The summed E-state index contributed by atoms with van der Waals surface area (Å²) in [7, 11) is 0. The van der Waals surface area contributed by atoms with E-state index in [9.17, 15) is 8.78 Å². The van der Waals surface area contributed by atoms with E-state index in [1.807, 2.05) is 0 Å². The molecule has 1 aromatic heterocycles. The number of rotatable bonds is 3. The normalized spacial score (nSPS) is 27.2. The number of oxazole rings is 1. The fourth-order valence-electron chi connectivity index (χ4n) is 3.10. The summed E-state index contributed by atoms with van der Waals surface area (Å²) >= 11 is 0. The fourth-order valence-corrected chi connectivity index (χ4v) is 3.10. The molecule has 1 N–H and O–H groups in total. The standard InChI is InChI=1S/C13H19F2N3O2/c14-11(15)8-18-7-10(12-17-5-6-19-12)20-13(9-18)1-3-16-4-2-13/h5-6,10-11,16H,1-4,7-9H2. The van der Waals surface area contributed by atoms with Crippen molar-refractivity contribution in [2.75, 3.05) is 32.7 Å². The van der Waals surface area contributed by atoms with Crippen molar-refractivity contribution in [3.8, 4) is 0 Å². The van der Waals surface area contributed by atoms with Crippen LogP contribution in [0.25, 0.3) is 0 Å². The van der Waals surface area contributed by atoms with Crippen molar-refractivity contribution in [2.45, 2.75) is 31.0 Å². The van der Waals surface area contributed by atoms with E-state index in [2.05, 4.69) is 10.3 Å². The van der Waals surface area contributed by atoms with Gasteiger partial charge in [0, 0.05) is 13.1 Å². The van der Waals surface area contributed by atoms with Gasteiger partial charge >= 0.3 is 0 Å². The largest absolute Gasteiger partial charge is 0.446 e. The number of alkyl halides is 2. The number of nitrogens with one attached hydrogen (secondary N) is 1. The maximum absolute atomic E-state index is 12.7. The Labute approximate surface area is 116 Å². The minimum absolute atomic E-state index is 0.226. The second kappa shape index (κ2) is 5.75. The molecule has 0 aromatic carbocycles. The molecule has 20 heavy (non-hydrogen) atoms. The molecular formula is C13H19F2N3O2. The van der Waals surface area contributed by atoms with Crippen LogP contribution in [0.4, 0.5) is 8.78 Å². The molecule has 0 amide bonds. The van der Waals surface area contributed by atoms with Gasteiger partial charge in [-0.05, 0) is 25.9 Å². The molecule has 1 atom stereocenters. The van der Waals surface area contributed by atoms with Crippen LogP contribution in [0, 0.1) is 0 Å². The van der Waals surface area contributed by atoms with Crippen molar-refractivity contribution >= 4 is 0 Å². The SMILES string of the molecule is FC(F)CN1CC(c2ncco2)OC2(CCNCC2)C1. The number of piperidine rings is 1. The number of aromatic nitrogens is 1. The summed E-state index contributed by atoms with van der Waals surface area (Å²) in [6.45, 7) is 2.42. The molecule has 3 heterocycles. The summed E-state index contributed by atoms with van der Waals surface area (Å²) in [5.74, 6) is 0.474. The second-order valence-electron chi connectivity index (χ2n) is 5.50. The summed E-state index contributed by atoms with van der Waals surface area (Å²) in [6.07, 6.45) is 1.99. The number of morpholine rings is 1. The van der Waals surface area contributed by atoms with Gasteiger partial charge in [-0.2, -0.15) is 0 Å². The first-order valence-corrected chi connectivity index (χ1v) is 6.95. The van der Waals surface area contributed by atoms with Gasteiger partial charge in [-0.3, -0.25) is 4.90 Å². The number of halogens is 2. The molecule has 2 fully saturated rings. The van der Waals surface area contributed by atoms with Crippen molar-refractivity contribution in [1.29, 1.82) is 0 Å². The van der Waals surface area contributed by atoms with Crippen LogP contribution in [0.3, 0.4) is 0 Å². The quantitative estimate of drug-likeness (QED) is 0.911. The predicted molar refractivity (Wildman–Crippen MR) is 67.6 cm³/mol. The minimum Gasteiger partial charge on any atom is -0.446 e. The van der Waals surface area contributed by atoms with E-state index in [0.717, 1.165) is 25.9 Å². The van der Waals surface area contributed by atoms with E-state index < -0.39 is 6.43 Å². The van der Waals surface area contributed by atoms with Gasteiger partial charge < -0.3 is 14.5 Å². The van der Waals surface area contributed by atoms with E-state index in [4.69, 9.17) is 9.15 Å². The lowest BCUT2D eigenvalue weighted by molar-refractivity contribution is -0.180. The highest BCUT2D eigenvalue weighted by molar-refractivity contribution is 4.99. The molecule has 0 bridgehead atoms. The average Bonchev–Trinajstić information content (AvgIpc) is 2.92. The van der Waals surface area contributed by atoms with Gasteiger partial charge in [-0.25, -0.2) is 13.8 Å². The Morgan fingerprint density at radius 3 is 2.90 bits per heavy atom. The lowest BCUT2D eigenvalue weighted by atomic mass is 9.89. The zero-order chi connectivity index (χ0) is 14.0. The molecule has 3 rings (SSSR count). The zero-order valence-electron chi connectivity index (χ0n) is 11.2. The first-order chi connectivity index (χ1) is 9.67. The van der Waals surface area contributed by atoms with E-state index in [-0.39, 0.29) is 18.2 Å². The monoisotopic (exact) mass is 287 g/mol. The Morgan fingerprint density at radius 2 is 2.25 bits per heavy atom. The smallest absolute Gasteiger partial charge is 0.251 e. The van der Waals surface area contributed by atoms with Crippen LogP contribution in [0.15, 0.2) is 16.9 Å². The Hall–Kier alpha value is -1.05. The van der Waals surface area contributed by atoms with Gasteiger partial charge in [-0.15, -0.1) is 0 Å². The van der Waals surface area contributed by atoms with Gasteiger partial charge in [0.05, 0.1) is 18.3 Å². The summed E-state index contributed by atoms with van der Waals surface area (Å²) in [5.41, 5.74) is -0.364. The first-order valence-electron chi connectivity index (χ1n) is 6.95. The summed E-state index contributed by atoms with van der Waals surface area (Å²) < 4.78 is 36.9. The van der Waals surface area contributed by atoms with Gasteiger partial charge in [0.1, 0.15) is 12.4 Å². The zero-order valence-corrected chi connectivity index (χ0v) is 11.2. The third-order valence-electron chi connectivity index (χ3n) is 3.97. The van der Waals surface area contributed by atoms with Crippen molar-refractivity contribution in [1.82, 2.24) is 15.2 Å². The number of hydrogen-bond acceptors (Lipinski definition) is 5. The van der Waals surface area contributed by atoms with E-state index in [1.165, 1.54) is 6.26 Å². The highest BCUT2D eigenvalue weighted by atomic mass is 19.3. The summed E-state index contributed by atoms with van der Waals surface area (Å²) in [4.78, 5) is 5.88. The fraction of sp³-hybridized carbons (Fsp3) is 0.769. The van der Waals surface area contributed by atoms with Crippen LogP contribution < -0.4 is 5.32 Å². The molecule has 2 saturated heterocycles. The van der Waals surface area contributed by atoms with Gasteiger partial charge in [0.15, 0.2) is 0 Å². The third-order valence-corrected chi connectivity index (χ3v) is 3.97. The van der Waals surface area contributed by atoms with Crippen molar-refractivity contribution < 1.29 is 17.9 Å². The molecule has 1 spiro atoms. The lowest BCUT2D eigenvalue weighted by Crippen LogP contribution is -2.57. The lowest BCUT2D eigenvalue weighted by Gasteiger charge is -2.47. The first kappa shape index (κ1) is 13.9. The molecule has 7 heteroatoms. The van der Waals surface area contributed by atoms with Crippen molar-refractivity contribution in [3.05, 3.63) is 18.4 Å². The Balaban J connectivity index is 1.78. The maximum Gasteiger partial charge on any atom is 0.251 e. The molecule has 0 radical (unpaired) electrons. The van der Waals surface area contributed by atoms with Crippen LogP contribution in [0.2, 0.25) is 0 Å². The molecule has 1 aromatic rings. The van der Waals surface area contributed by atoms with E-state index >= 15 is 0 Å². The minimum atomic E-state index is -2.34. The molecule has 5 nitrogen and oxygen atoms in total. The van der Waals surface area contributed by atoms with Crippen molar-refractivity contribution in [3.63, 3.8) is 0 Å². The molecule has 2 aliphatic rings. The third kappa shape index (κ3) is 2.99. The van der Waals surface area contributed by atoms with E-state index in [0.29, 0.717) is 19.0 Å². The van der Waals surface area contributed by atoms with Crippen LogP contribution in [0.1, 0.15) is 24.8 Å². The van der Waals surface area contributed by atoms with Crippen LogP contribution in [0.5, 0.6) is 0 Å². The molecule has 1 unspecified atom stereocenters. The number of nitrogens with zero attached hydrogens (tertiary/aromatic N) is 2. The molecule has 0 aliphatic carbocycles. The second-order valence-corrected chi connectivity index (χ2v) is 5.50. The van der Waals surface area contributed by atoms with Crippen LogP contribution in [-0.2, 0) is 4.74 Å². The average molecular weight is 287 g/mol. The van der Waals surface area contributed by atoms with Crippen molar-refractivity contribution in [2.24, 2.45) is 0 Å². The van der Waals surface area contributed by atoms with Gasteiger partial charge in [0.25, 0.3) is 6.43 Å². The maximum atomic E-state index is 12.7. The summed E-state index contributed by atoms with van der Waals surface area (Å²) in [5, 5.41) is 3.28. The highest BCUT2D eigenvalue weighted by Crippen LogP contribution is 2.36. The Kier molecular flexibility index (Phi) is 4.00. The molecule has 0 saturated carbocycles. The number of hydrogen-bond donors (Lipinski definition) is 1. The topological polar surface area (TPSA) is 50.5 Å². The number of ether oxygens (including phenoxy) is 1. The predicted octanol–water partition coefficient (Wildman–Crippen LogP) is 1.44. The summed E-state index contributed by atoms with van der Waals surface area (Å²) in [6, 6.07) is 0.